The monoisotopic (exact) mass is 254 g/mol. The van der Waals surface area contributed by atoms with Gasteiger partial charge in [-0.2, -0.15) is 0 Å². The van der Waals surface area contributed by atoms with Gasteiger partial charge in [0.1, 0.15) is 11.0 Å². The fourth-order valence-electron chi connectivity index (χ4n) is 1.67. The first kappa shape index (κ1) is 11.5. The highest BCUT2D eigenvalue weighted by Gasteiger charge is 2.12. The molecule has 4 heteroatoms. The van der Waals surface area contributed by atoms with Gasteiger partial charge in [0.05, 0.1) is 6.20 Å². The standard InChI is InChI=1S/C12H12Cl2N2/c1-8(2)16-11(14)7-15-12(16)9-4-3-5-10(13)6-9/h3-8H,1-2H3. The van der Waals surface area contributed by atoms with Crippen molar-refractivity contribution >= 4 is 23.2 Å². The van der Waals surface area contributed by atoms with Gasteiger partial charge in [0.25, 0.3) is 0 Å². The number of imidazole rings is 1. The molecule has 0 fully saturated rings. The maximum absolute atomic E-state index is 6.10. The third-order valence-electron chi connectivity index (χ3n) is 2.35. The zero-order chi connectivity index (χ0) is 11.7. The number of nitrogens with zero attached hydrogens (tertiary/aromatic N) is 2. The lowest BCUT2D eigenvalue weighted by molar-refractivity contribution is 0.607. The summed E-state index contributed by atoms with van der Waals surface area (Å²) in [6.45, 7) is 4.14. The first-order valence-corrected chi connectivity index (χ1v) is 5.84. The maximum atomic E-state index is 6.10. The Balaban J connectivity index is 2.56. The van der Waals surface area contributed by atoms with Crippen molar-refractivity contribution in [1.82, 2.24) is 9.55 Å². The minimum Gasteiger partial charge on any atom is -0.313 e. The molecule has 1 aromatic carbocycles. The summed E-state index contributed by atoms with van der Waals surface area (Å²) in [5, 5.41) is 1.34. The quantitative estimate of drug-likeness (QED) is 0.775. The van der Waals surface area contributed by atoms with E-state index in [1.54, 1.807) is 6.20 Å². The van der Waals surface area contributed by atoms with Gasteiger partial charge in [0.15, 0.2) is 0 Å². The summed E-state index contributed by atoms with van der Waals surface area (Å²) in [5.74, 6) is 0.850. The van der Waals surface area contributed by atoms with Crippen molar-refractivity contribution in [3.8, 4) is 11.4 Å². The van der Waals surface area contributed by atoms with Gasteiger partial charge in [0, 0.05) is 16.6 Å². The molecule has 1 aromatic heterocycles. The third-order valence-corrected chi connectivity index (χ3v) is 2.87. The first-order chi connectivity index (χ1) is 7.59. The summed E-state index contributed by atoms with van der Waals surface area (Å²) in [7, 11) is 0. The van der Waals surface area contributed by atoms with E-state index in [2.05, 4.69) is 18.8 Å². The number of hydrogen-bond donors (Lipinski definition) is 0. The molecule has 0 aliphatic carbocycles. The molecule has 0 bridgehead atoms. The molecule has 16 heavy (non-hydrogen) atoms. The van der Waals surface area contributed by atoms with Gasteiger partial charge in [0.2, 0.25) is 0 Å². The lowest BCUT2D eigenvalue weighted by Crippen LogP contribution is -2.03. The van der Waals surface area contributed by atoms with Crippen LogP contribution in [0.15, 0.2) is 30.5 Å². The highest BCUT2D eigenvalue weighted by atomic mass is 35.5. The summed E-state index contributed by atoms with van der Waals surface area (Å²) in [5.41, 5.74) is 0.980. The molecule has 2 aromatic rings. The van der Waals surface area contributed by atoms with Gasteiger partial charge in [-0.05, 0) is 26.0 Å². The summed E-state index contributed by atoms with van der Waals surface area (Å²) >= 11 is 12.1. The van der Waals surface area contributed by atoms with E-state index in [1.165, 1.54) is 0 Å². The predicted molar refractivity (Wildman–Crippen MR) is 68.1 cm³/mol. The number of rotatable bonds is 2. The largest absolute Gasteiger partial charge is 0.313 e. The van der Waals surface area contributed by atoms with Crippen LogP contribution in [0, 0.1) is 0 Å². The van der Waals surface area contributed by atoms with Gasteiger partial charge in [-0.3, -0.25) is 0 Å². The number of benzene rings is 1. The molecule has 0 amide bonds. The molecule has 0 atom stereocenters. The van der Waals surface area contributed by atoms with Crippen molar-refractivity contribution in [3.63, 3.8) is 0 Å². The summed E-state index contributed by atoms with van der Waals surface area (Å²) in [6, 6.07) is 7.88. The smallest absolute Gasteiger partial charge is 0.141 e. The molecular formula is C12H12Cl2N2. The van der Waals surface area contributed by atoms with E-state index in [0.29, 0.717) is 10.2 Å². The van der Waals surface area contributed by atoms with Crippen molar-refractivity contribution in [2.24, 2.45) is 0 Å². The van der Waals surface area contributed by atoms with Gasteiger partial charge in [-0.15, -0.1) is 0 Å². The molecule has 0 unspecified atom stereocenters. The third kappa shape index (κ3) is 2.08. The van der Waals surface area contributed by atoms with Crippen LogP contribution in [0.2, 0.25) is 10.2 Å². The molecule has 2 nitrogen and oxygen atoms in total. The zero-order valence-electron chi connectivity index (χ0n) is 9.11. The van der Waals surface area contributed by atoms with E-state index in [4.69, 9.17) is 23.2 Å². The Morgan fingerprint density at radius 3 is 2.62 bits per heavy atom. The van der Waals surface area contributed by atoms with E-state index >= 15 is 0 Å². The Morgan fingerprint density at radius 2 is 2.00 bits per heavy atom. The van der Waals surface area contributed by atoms with Gasteiger partial charge in [-0.1, -0.05) is 35.3 Å². The summed E-state index contributed by atoms with van der Waals surface area (Å²) in [6.07, 6.45) is 1.66. The Labute approximate surface area is 105 Å². The Hall–Kier alpha value is -0.990. The Morgan fingerprint density at radius 1 is 1.25 bits per heavy atom. The fourth-order valence-corrected chi connectivity index (χ4v) is 2.19. The van der Waals surface area contributed by atoms with Crippen LogP contribution in [0.25, 0.3) is 11.4 Å². The number of aromatic nitrogens is 2. The van der Waals surface area contributed by atoms with E-state index < -0.39 is 0 Å². The topological polar surface area (TPSA) is 17.8 Å². The van der Waals surface area contributed by atoms with Crippen molar-refractivity contribution in [2.75, 3.05) is 0 Å². The molecule has 2 rings (SSSR count). The van der Waals surface area contributed by atoms with Crippen molar-refractivity contribution in [3.05, 3.63) is 40.6 Å². The Kier molecular flexibility index (Phi) is 3.22. The van der Waals surface area contributed by atoms with Crippen LogP contribution in [-0.2, 0) is 0 Å². The normalized spacial score (nSPS) is 11.1. The van der Waals surface area contributed by atoms with Crippen LogP contribution in [0.5, 0.6) is 0 Å². The lowest BCUT2D eigenvalue weighted by atomic mass is 10.2. The van der Waals surface area contributed by atoms with E-state index in [0.717, 1.165) is 11.4 Å². The minimum absolute atomic E-state index is 0.268. The van der Waals surface area contributed by atoms with Gasteiger partial charge in [-0.25, -0.2) is 4.98 Å². The summed E-state index contributed by atoms with van der Waals surface area (Å²) < 4.78 is 1.98. The average Bonchev–Trinajstić information content (AvgIpc) is 2.60. The van der Waals surface area contributed by atoms with Crippen LogP contribution in [0.4, 0.5) is 0 Å². The van der Waals surface area contributed by atoms with E-state index in [-0.39, 0.29) is 6.04 Å². The van der Waals surface area contributed by atoms with Crippen LogP contribution < -0.4 is 0 Å². The second kappa shape index (κ2) is 4.48. The fraction of sp³-hybridized carbons (Fsp3) is 0.250. The van der Waals surface area contributed by atoms with Crippen LogP contribution in [0.1, 0.15) is 19.9 Å². The molecule has 1 heterocycles. The average molecular weight is 255 g/mol. The predicted octanol–water partition coefficient (Wildman–Crippen LogP) is 4.44. The SMILES string of the molecule is CC(C)n1c(Cl)cnc1-c1cccc(Cl)c1. The molecular weight excluding hydrogens is 243 g/mol. The van der Waals surface area contributed by atoms with E-state index in [1.807, 2.05) is 28.8 Å². The maximum Gasteiger partial charge on any atom is 0.141 e. The first-order valence-electron chi connectivity index (χ1n) is 5.08. The molecule has 0 radical (unpaired) electrons. The van der Waals surface area contributed by atoms with Crippen molar-refractivity contribution < 1.29 is 0 Å². The second-order valence-electron chi connectivity index (χ2n) is 3.88. The van der Waals surface area contributed by atoms with Gasteiger partial charge >= 0.3 is 0 Å². The number of hydrogen-bond acceptors (Lipinski definition) is 1. The number of halogens is 2. The van der Waals surface area contributed by atoms with Crippen molar-refractivity contribution in [2.45, 2.75) is 19.9 Å². The molecule has 84 valence electrons. The van der Waals surface area contributed by atoms with E-state index in [9.17, 15) is 0 Å². The molecule has 0 aliphatic heterocycles. The molecule has 0 aliphatic rings. The molecule has 0 spiro atoms. The molecule has 0 N–H and O–H groups in total. The lowest BCUT2D eigenvalue weighted by Gasteiger charge is -2.12. The van der Waals surface area contributed by atoms with Crippen LogP contribution in [0.3, 0.4) is 0 Å². The van der Waals surface area contributed by atoms with Crippen molar-refractivity contribution in [1.29, 1.82) is 0 Å². The minimum atomic E-state index is 0.268. The van der Waals surface area contributed by atoms with Crippen LogP contribution >= 0.6 is 23.2 Å². The van der Waals surface area contributed by atoms with Gasteiger partial charge < -0.3 is 4.57 Å². The highest BCUT2D eigenvalue weighted by Crippen LogP contribution is 2.27. The Bertz CT molecular complexity index is 503. The van der Waals surface area contributed by atoms with Crippen LogP contribution in [-0.4, -0.2) is 9.55 Å². The second-order valence-corrected chi connectivity index (χ2v) is 4.70. The molecule has 0 saturated carbocycles. The summed E-state index contributed by atoms with van der Waals surface area (Å²) in [4.78, 5) is 4.32. The zero-order valence-corrected chi connectivity index (χ0v) is 10.6. The highest BCUT2D eigenvalue weighted by molar-refractivity contribution is 6.31. The molecule has 0 saturated heterocycles.